The number of ether oxygens (including phenoxy) is 1. The number of carbonyl (C=O) groups is 1. The number of hydrogen-bond donors (Lipinski definition) is 2. The number of rotatable bonds is 4. The average molecular weight is 383 g/mol. The quantitative estimate of drug-likeness (QED) is 0.799. The third kappa shape index (κ3) is 3.41. The lowest BCUT2D eigenvalue weighted by Crippen LogP contribution is -2.23. The summed E-state index contributed by atoms with van der Waals surface area (Å²) in [5.74, 6) is 0.384. The number of para-hydroxylation sites is 1. The Bertz CT molecular complexity index is 628. The zero-order valence-electron chi connectivity index (χ0n) is 10.9. The number of phenols is 1. The highest BCUT2D eigenvalue weighted by molar-refractivity contribution is 14.1. The van der Waals surface area contributed by atoms with Crippen LogP contribution in [0.5, 0.6) is 11.5 Å². The highest BCUT2D eigenvalue weighted by atomic mass is 127. The lowest BCUT2D eigenvalue weighted by molar-refractivity contribution is 0.0948. The van der Waals surface area contributed by atoms with Gasteiger partial charge in [0.05, 0.1) is 12.7 Å². The van der Waals surface area contributed by atoms with E-state index < -0.39 is 0 Å². The van der Waals surface area contributed by atoms with Crippen molar-refractivity contribution in [3.63, 3.8) is 0 Å². The SMILES string of the molecule is COc1ccccc1CNC(=O)c1cc(I)ccc1O. The molecule has 20 heavy (non-hydrogen) atoms. The Morgan fingerprint density at radius 2 is 2.05 bits per heavy atom. The van der Waals surface area contributed by atoms with Gasteiger partial charge in [0.15, 0.2) is 0 Å². The summed E-state index contributed by atoms with van der Waals surface area (Å²) in [4.78, 5) is 12.1. The molecule has 0 atom stereocenters. The fourth-order valence-corrected chi connectivity index (χ4v) is 2.30. The molecule has 5 heteroatoms. The van der Waals surface area contributed by atoms with Crippen molar-refractivity contribution in [3.8, 4) is 11.5 Å². The molecule has 0 saturated carbocycles. The van der Waals surface area contributed by atoms with Crippen LogP contribution in [0.1, 0.15) is 15.9 Å². The Morgan fingerprint density at radius 1 is 1.30 bits per heavy atom. The van der Waals surface area contributed by atoms with Gasteiger partial charge in [0.1, 0.15) is 11.5 Å². The summed E-state index contributed by atoms with van der Waals surface area (Å²) in [6.07, 6.45) is 0. The first-order valence-electron chi connectivity index (χ1n) is 6.00. The number of halogens is 1. The van der Waals surface area contributed by atoms with Gasteiger partial charge in [-0.25, -0.2) is 0 Å². The van der Waals surface area contributed by atoms with Crippen LogP contribution in [-0.4, -0.2) is 18.1 Å². The van der Waals surface area contributed by atoms with E-state index in [9.17, 15) is 9.90 Å². The van der Waals surface area contributed by atoms with Crippen molar-refractivity contribution in [2.45, 2.75) is 6.54 Å². The lowest BCUT2D eigenvalue weighted by atomic mass is 10.1. The van der Waals surface area contributed by atoms with Crippen molar-refractivity contribution >= 4 is 28.5 Å². The van der Waals surface area contributed by atoms with Gasteiger partial charge in [-0.2, -0.15) is 0 Å². The molecule has 0 aromatic heterocycles. The van der Waals surface area contributed by atoms with Crippen LogP contribution in [0, 0.1) is 3.57 Å². The van der Waals surface area contributed by atoms with E-state index in [1.807, 2.05) is 24.3 Å². The third-order valence-corrected chi connectivity index (χ3v) is 3.51. The number of aromatic hydroxyl groups is 1. The largest absolute Gasteiger partial charge is 0.507 e. The van der Waals surface area contributed by atoms with Crippen LogP contribution < -0.4 is 10.1 Å². The van der Waals surface area contributed by atoms with Gasteiger partial charge in [-0.05, 0) is 46.9 Å². The molecule has 2 aromatic rings. The molecule has 4 nitrogen and oxygen atoms in total. The first-order valence-corrected chi connectivity index (χ1v) is 7.08. The lowest BCUT2D eigenvalue weighted by Gasteiger charge is -2.10. The van der Waals surface area contributed by atoms with Gasteiger partial charge in [0, 0.05) is 15.7 Å². The fraction of sp³-hybridized carbons (Fsp3) is 0.133. The van der Waals surface area contributed by atoms with Crippen LogP contribution in [0.2, 0.25) is 0 Å². The van der Waals surface area contributed by atoms with E-state index in [4.69, 9.17) is 4.74 Å². The molecule has 0 radical (unpaired) electrons. The van der Waals surface area contributed by atoms with Crippen LogP contribution in [0.25, 0.3) is 0 Å². The molecule has 0 aliphatic heterocycles. The van der Waals surface area contributed by atoms with Crippen molar-refractivity contribution in [1.29, 1.82) is 0 Å². The molecule has 2 rings (SSSR count). The smallest absolute Gasteiger partial charge is 0.255 e. The van der Waals surface area contributed by atoms with E-state index in [0.717, 1.165) is 14.9 Å². The topological polar surface area (TPSA) is 58.6 Å². The maximum atomic E-state index is 12.1. The molecule has 0 heterocycles. The fourth-order valence-electron chi connectivity index (χ4n) is 1.81. The maximum absolute atomic E-state index is 12.1. The third-order valence-electron chi connectivity index (χ3n) is 2.84. The summed E-state index contributed by atoms with van der Waals surface area (Å²) in [7, 11) is 1.59. The summed E-state index contributed by atoms with van der Waals surface area (Å²) >= 11 is 2.10. The Balaban J connectivity index is 2.11. The average Bonchev–Trinajstić information content (AvgIpc) is 2.47. The van der Waals surface area contributed by atoms with Gasteiger partial charge in [-0.3, -0.25) is 4.79 Å². The molecule has 0 fully saturated rings. The molecule has 0 bridgehead atoms. The van der Waals surface area contributed by atoms with Crippen LogP contribution >= 0.6 is 22.6 Å². The van der Waals surface area contributed by atoms with Crippen molar-refractivity contribution in [2.75, 3.05) is 7.11 Å². The first kappa shape index (κ1) is 14.6. The first-order chi connectivity index (χ1) is 9.61. The molecule has 104 valence electrons. The van der Waals surface area contributed by atoms with Gasteiger partial charge in [-0.15, -0.1) is 0 Å². The predicted octanol–water partition coefficient (Wildman–Crippen LogP) is 2.94. The second kappa shape index (κ2) is 6.60. The highest BCUT2D eigenvalue weighted by Gasteiger charge is 2.12. The molecule has 0 aliphatic rings. The standard InChI is InChI=1S/C15H14INO3/c1-20-14-5-3-2-4-10(14)9-17-15(19)12-8-11(16)6-7-13(12)18/h2-8,18H,9H2,1H3,(H,17,19). The minimum atomic E-state index is -0.313. The van der Waals surface area contributed by atoms with Gasteiger partial charge < -0.3 is 15.2 Å². The Morgan fingerprint density at radius 3 is 2.80 bits per heavy atom. The molecule has 0 saturated heterocycles. The molecule has 2 N–H and O–H groups in total. The summed E-state index contributed by atoms with van der Waals surface area (Å²) < 4.78 is 6.12. The summed E-state index contributed by atoms with van der Waals surface area (Å²) in [6.45, 7) is 0.341. The van der Waals surface area contributed by atoms with Crippen LogP contribution in [0.4, 0.5) is 0 Å². The van der Waals surface area contributed by atoms with Crippen LogP contribution in [0.15, 0.2) is 42.5 Å². The zero-order chi connectivity index (χ0) is 14.5. The van der Waals surface area contributed by atoms with Gasteiger partial charge >= 0.3 is 0 Å². The minimum Gasteiger partial charge on any atom is -0.507 e. The molecular weight excluding hydrogens is 369 g/mol. The monoisotopic (exact) mass is 383 g/mol. The molecule has 2 aromatic carbocycles. The summed E-state index contributed by atoms with van der Waals surface area (Å²) in [5, 5.41) is 12.5. The minimum absolute atomic E-state index is 0.0251. The maximum Gasteiger partial charge on any atom is 0.255 e. The molecule has 0 spiro atoms. The predicted molar refractivity (Wildman–Crippen MR) is 85.0 cm³/mol. The number of benzene rings is 2. The Labute approximate surface area is 130 Å². The van der Waals surface area contributed by atoms with E-state index in [1.54, 1.807) is 19.2 Å². The van der Waals surface area contributed by atoms with Crippen molar-refractivity contribution in [3.05, 3.63) is 57.2 Å². The molecule has 0 unspecified atom stereocenters. The van der Waals surface area contributed by atoms with E-state index in [1.165, 1.54) is 6.07 Å². The zero-order valence-corrected chi connectivity index (χ0v) is 13.0. The molecular formula is C15H14INO3. The Kier molecular flexibility index (Phi) is 4.84. The number of carbonyl (C=O) groups excluding carboxylic acids is 1. The van der Waals surface area contributed by atoms with Crippen LogP contribution in [0.3, 0.4) is 0 Å². The van der Waals surface area contributed by atoms with Crippen LogP contribution in [-0.2, 0) is 6.54 Å². The van der Waals surface area contributed by atoms with E-state index in [-0.39, 0.29) is 17.2 Å². The molecule has 1 amide bonds. The van der Waals surface area contributed by atoms with E-state index in [0.29, 0.717) is 6.54 Å². The molecule has 0 aliphatic carbocycles. The van der Waals surface area contributed by atoms with Gasteiger partial charge in [0.25, 0.3) is 5.91 Å². The van der Waals surface area contributed by atoms with Gasteiger partial charge in [0.2, 0.25) is 0 Å². The second-order valence-electron chi connectivity index (χ2n) is 4.16. The number of hydrogen-bond acceptors (Lipinski definition) is 3. The van der Waals surface area contributed by atoms with E-state index in [2.05, 4.69) is 27.9 Å². The number of amides is 1. The highest BCUT2D eigenvalue weighted by Crippen LogP contribution is 2.20. The van der Waals surface area contributed by atoms with Crippen molar-refractivity contribution in [1.82, 2.24) is 5.32 Å². The Hall–Kier alpha value is -1.76. The van der Waals surface area contributed by atoms with E-state index >= 15 is 0 Å². The number of methoxy groups -OCH3 is 1. The summed E-state index contributed by atoms with van der Waals surface area (Å²) in [6, 6.07) is 12.4. The summed E-state index contributed by atoms with van der Waals surface area (Å²) in [5.41, 5.74) is 1.15. The van der Waals surface area contributed by atoms with Crippen molar-refractivity contribution < 1.29 is 14.6 Å². The number of phenolic OH excluding ortho intramolecular Hbond substituents is 1. The van der Waals surface area contributed by atoms with Gasteiger partial charge in [-0.1, -0.05) is 18.2 Å². The van der Waals surface area contributed by atoms with Crippen molar-refractivity contribution in [2.24, 2.45) is 0 Å². The normalized spacial score (nSPS) is 10.1. The number of nitrogens with one attached hydrogen (secondary N) is 1. The second-order valence-corrected chi connectivity index (χ2v) is 5.40.